The van der Waals surface area contributed by atoms with Crippen molar-refractivity contribution in [3.8, 4) is 0 Å². The third-order valence-corrected chi connectivity index (χ3v) is 4.16. The van der Waals surface area contributed by atoms with E-state index in [9.17, 15) is 9.59 Å². The summed E-state index contributed by atoms with van der Waals surface area (Å²) in [6, 6.07) is 21.1. The summed E-state index contributed by atoms with van der Waals surface area (Å²) in [5.41, 5.74) is 2.37. The summed E-state index contributed by atoms with van der Waals surface area (Å²) >= 11 is 0. The van der Waals surface area contributed by atoms with E-state index < -0.39 is 0 Å². The summed E-state index contributed by atoms with van der Waals surface area (Å²) in [5, 5.41) is 11.0. The van der Waals surface area contributed by atoms with Crippen molar-refractivity contribution in [3.63, 3.8) is 0 Å². The number of nitrogens with one attached hydrogen (secondary N) is 3. The number of anilines is 3. The maximum absolute atomic E-state index is 12.3. The Labute approximate surface area is 158 Å². The Morgan fingerprint density at radius 2 is 1.48 bits per heavy atom. The Hall–Kier alpha value is -3.34. The number of hydrogen-bond acceptors (Lipinski definition) is 3. The van der Waals surface area contributed by atoms with Crippen molar-refractivity contribution in [2.45, 2.75) is 19.8 Å². The van der Waals surface area contributed by atoms with Gasteiger partial charge in [0.05, 0.1) is 6.54 Å². The lowest BCUT2D eigenvalue weighted by molar-refractivity contribution is -0.116. The topological polar surface area (TPSA) is 70.2 Å². The third kappa shape index (κ3) is 5.07. The minimum Gasteiger partial charge on any atom is -0.376 e. The highest BCUT2D eigenvalue weighted by molar-refractivity contribution is 6.03. The highest BCUT2D eigenvalue weighted by atomic mass is 16.2. The van der Waals surface area contributed by atoms with Gasteiger partial charge in [-0.2, -0.15) is 0 Å². The first-order valence-electron chi connectivity index (χ1n) is 9.07. The van der Waals surface area contributed by atoms with Crippen LogP contribution in [-0.2, 0) is 9.59 Å². The molecule has 0 aromatic heterocycles. The van der Waals surface area contributed by atoms with Crippen LogP contribution < -0.4 is 16.0 Å². The molecule has 0 saturated carbocycles. The lowest BCUT2D eigenvalue weighted by atomic mass is 10.1. The second-order valence-corrected chi connectivity index (χ2v) is 6.30. The first-order valence-corrected chi connectivity index (χ1v) is 9.07. The van der Waals surface area contributed by atoms with Gasteiger partial charge >= 0.3 is 0 Å². The van der Waals surface area contributed by atoms with Gasteiger partial charge in [0, 0.05) is 28.9 Å². The molecule has 0 fully saturated rings. The summed E-state index contributed by atoms with van der Waals surface area (Å²) < 4.78 is 0. The average molecular weight is 361 g/mol. The van der Waals surface area contributed by atoms with Crippen LogP contribution in [0.5, 0.6) is 0 Å². The summed E-state index contributed by atoms with van der Waals surface area (Å²) in [5.74, 6) is -0.112. The van der Waals surface area contributed by atoms with E-state index in [-0.39, 0.29) is 18.4 Å². The predicted octanol–water partition coefficient (Wildman–Crippen LogP) is 4.63. The van der Waals surface area contributed by atoms with Gasteiger partial charge in [0.15, 0.2) is 0 Å². The molecular weight excluding hydrogens is 338 g/mol. The van der Waals surface area contributed by atoms with E-state index in [0.717, 1.165) is 34.3 Å². The number of amides is 2. The van der Waals surface area contributed by atoms with E-state index >= 15 is 0 Å². The molecule has 5 nitrogen and oxygen atoms in total. The number of carbonyl (C=O) groups is 2. The maximum atomic E-state index is 12.3. The van der Waals surface area contributed by atoms with Crippen LogP contribution in [0.4, 0.5) is 17.1 Å². The average Bonchev–Trinajstić information content (AvgIpc) is 2.68. The Balaban J connectivity index is 1.55. The number of rotatable bonds is 7. The molecule has 3 aromatic carbocycles. The van der Waals surface area contributed by atoms with Gasteiger partial charge in [-0.3, -0.25) is 9.59 Å². The maximum Gasteiger partial charge on any atom is 0.243 e. The fourth-order valence-electron chi connectivity index (χ4n) is 2.83. The van der Waals surface area contributed by atoms with Gasteiger partial charge in [0.2, 0.25) is 11.8 Å². The Morgan fingerprint density at radius 3 is 2.26 bits per heavy atom. The van der Waals surface area contributed by atoms with Crippen LogP contribution >= 0.6 is 0 Å². The first kappa shape index (κ1) is 18.5. The molecule has 0 aliphatic rings. The van der Waals surface area contributed by atoms with Gasteiger partial charge in [-0.25, -0.2) is 0 Å². The van der Waals surface area contributed by atoms with Crippen LogP contribution in [-0.4, -0.2) is 18.4 Å². The van der Waals surface area contributed by atoms with Crippen LogP contribution in [0.25, 0.3) is 10.8 Å². The molecule has 0 atom stereocenters. The van der Waals surface area contributed by atoms with Crippen LogP contribution in [0, 0.1) is 0 Å². The van der Waals surface area contributed by atoms with E-state index in [1.54, 1.807) is 0 Å². The van der Waals surface area contributed by atoms with Crippen molar-refractivity contribution in [1.82, 2.24) is 0 Å². The first-order chi connectivity index (χ1) is 13.2. The van der Waals surface area contributed by atoms with E-state index in [2.05, 4.69) is 16.0 Å². The molecule has 0 bridgehead atoms. The normalized spacial score (nSPS) is 10.4. The third-order valence-electron chi connectivity index (χ3n) is 4.16. The smallest absolute Gasteiger partial charge is 0.243 e. The van der Waals surface area contributed by atoms with Crippen molar-refractivity contribution in [3.05, 3.63) is 66.7 Å². The van der Waals surface area contributed by atoms with Crippen LogP contribution in [0.1, 0.15) is 19.8 Å². The Morgan fingerprint density at radius 1 is 0.778 bits per heavy atom. The van der Waals surface area contributed by atoms with Gasteiger partial charge in [0.1, 0.15) is 0 Å². The van der Waals surface area contributed by atoms with Gasteiger partial charge in [0.25, 0.3) is 0 Å². The molecule has 138 valence electrons. The molecule has 0 radical (unpaired) electrons. The van der Waals surface area contributed by atoms with E-state index in [4.69, 9.17) is 0 Å². The van der Waals surface area contributed by atoms with Gasteiger partial charge in [-0.1, -0.05) is 43.3 Å². The molecule has 0 heterocycles. The lowest BCUT2D eigenvalue weighted by Crippen LogP contribution is -2.21. The molecule has 27 heavy (non-hydrogen) atoms. The summed E-state index contributed by atoms with van der Waals surface area (Å²) in [6.45, 7) is 2.13. The molecule has 3 N–H and O–H groups in total. The van der Waals surface area contributed by atoms with Crippen molar-refractivity contribution >= 4 is 39.6 Å². The number of carbonyl (C=O) groups excluding carboxylic acids is 2. The van der Waals surface area contributed by atoms with Crippen molar-refractivity contribution in [1.29, 1.82) is 0 Å². The number of benzene rings is 3. The largest absolute Gasteiger partial charge is 0.376 e. The van der Waals surface area contributed by atoms with Crippen LogP contribution in [0.2, 0.25) is 0 Å². The van der Waals surface area contributed by atoms with Gasteiger partial charge in [-0.15, -0.1) is 0 Å². The van der Waals surface area contributed by atoms with Crippen molar-refractivity contribution < 1.29 is 9.59 Å². The highest BCUT2D eigenvalue weighted by Gasteiger charge is 2.06. The molecule has 0 saturated heterocycles. The predicted molar refractivity (Wildman–Crippen MR) is 111 cm³/mol. The van der Waals surface area contributed by atoms with E-state index in [1.165, 1.54) is 0 Å². The second-order valence-electron chi connectivity index (χ2n) is 6.30. The summed E-state index contributed by atoms with van der Waals surface area (Å²) in [6.07, 6.45) is 1.33. The zero-order valence-electron chi connectivity index (χ0n) is 15.3. The van der Waals surface area contributed by atoms with Gasteiger partial charge < -0.3 is 16.0 Å². The fourth-order valence-corrected chi connectivity index (χ4v) is 2.83. The minimum atomic E-state index is -0.119. The Bertz CT molecular complexity index is 930. The quantitative estimate of drug-likeness (QED) is 0.575. The summed E-state index contributed by atoms with van der Waals surface area (Å²) in [4.78, 5) is 23.9. The molecule has 2 amide bonds. The zero-order valence-corrected chi connectivity index (χ0v) is 15.3. The molecule has 5 heteroatoms. The SMILES string of the molecule is CCCC(=O)Nc1ccc(NCC(=O)Nc2cccc3ccccc23)cc1. The fraction of sp³-hybridized carbons (Fsp3) is 0.182. The second kappa shape index (κ2) is 8.85. The monoisotopic (exact) mass is 361 g/mol. The molecule has 3 rings (SSSR count). The molecule has 0 spiro atoms. The molecule has 0 unspecified atom stereocenters. The Kier molecular flexibility index (Phi) is 6.05. The van der Waals surface area contributed by atoms with Crippen molar-refractivity contribution in [2.75, 3.05) is 22.5 Å². The minimum absolute atomic E-state index is 0.00711. The number of fused-ring (bicyclic) bond motifs is 1. The molecular formula is C22H23N3O2. The van der Waals surface area contributed by atoms with Gasteiger partial charge in [-0.05, 0) is 42.1 Å². The highest BCUT2D eigenvalue weighted by Crippen LogP contribution is 2.22. The van der Waals surface area contributed by atoms with E-state index in [1.807, 2.05) is 73.7 Å². The lowest BCUT2D eigenvalue weighted by Gasteiger charge is -2.11. The standard InChI is InChI=1S/C22H23N3O2/c1-2-6-21(26)24-18-13-11-17(12-14-18)23-15-22(27)25-20-10-5-8-16-7-3-4-9-19(16)20/h3-5,7-14,23H,2,6,15H2,1H3,(H,24,26)(H,25,27). The molecule has 3 aromatic rings. The summed E-state index contributed by atoms with van der Waals surface area (Å²) in [7, 11) is 0. The molecule has 0 aliphatic carbocycles. The molecule has 0 aliphatic heterocycles. The zero-order chi connectivity index (χ0) is 19.1. The van der Waals surface area contributed by atoms with Crippen molar-refractivity contribution in [2.24, 2.45) is 0 Å². The van der Waals surface area contributed by atoms with E-state index in [0.29, 0.717) is 6.42 Å². The number of hydrogen-bond donors (Lipinski definition) is 3. The van der Waals surface area contributed by atoms with Crippen LogP contribution in [0.15, 0.2) is 66.7 Å². The van der Waals surface area contributed by atoms with Crippen LogP contribution in [0.3, 0.4) is 0 Å².